The first kappa shape index (κ1) is 55.3. The molecule has 4 aromatic heterocycles. The highest BCUT2D eigenvalue weighted by Gasteiger charge is 2.33. The fourth-order valence-electron chi connectivity index (χ4n) is 7.75. The van der Waals surface area contributed by atoms with E-state index in [2.05, 4.69) is 61.7 Å². The molecule has 0 saturated carbocycles. The Balaban J connectivity index is 0.000000246. The number of benzene rings is 2. The average Bonchev–Trinajstić information content (AvgIpc) is 4.18. The number of primary amides is 2. The van der Waals surface area contributed by atoms with Crippen molar-refractivity contribution in [3.05, 3.63) is 103 Å². The lowest BCUT2D eigenvalue weighted by atomic mass is 10.1. The predicted octanol–water partition coefficient (Wildman–Crippen LogP) is 5.22. The Morgan fingerprint density at radius 3 is 1.65 bits per heavy atom. The number of rotatable bonds is 8. The molecule has 8 rings (SSSR count). The zero-order valence-electron chi connectivity index (χ0n) is 37.5. The van der Waals surface area contributed by atoms with Gasteiger partial charge in [-0.15, -0.1) is 6.42 Å². The Hall–Kier alpha value is -6.25. The number of terminal acetylenes is 1. The normalized spacial score (nSPS) is 14.7. The van der Waals surface area contributed by atoms with E-state index in [-0.39, 0.29) is 94.5 Å². The highest BCUT2D eigenvalue weighted by molar-refractivity contribution is 14.1. The van der Waals surface area contributed by atoms with Gasteiger partial charge in [0.05, 0.1) is 45.8 Å². The van der Waals surface area contributed by atoms with Crippen molar-refractivity contribution in [1.29, 1.82) is 0 Å². The molecule has 2 aliphatic rings. The minimum absolute atomic E-state index is 0. The van der Waals surface area contributed by atoms with E-state index in [1.807, 2.05) is 22.6 Å². The van der Waals surface area contributed by atoms with Gasteiger partial charge in [-0.3, -0.25) is 19.2 Å². The quantitative estimate of drug-likeness (QED) is 0.0674. The van der Waals surface area contributed by atoms with E-state index in [1.54, 1.807) is 70.4 Å². The molecule has 0 radical (unpaired) electrons. The minimum Gasteiger partial charge on any atom is -0.373 e. The largest absolute Gasteiger partial charge is 0.373 e. The zero-order chi connectivity index (χ0) is 49.0. The van der Waals surface area contributed by atoms with Crippen molar-refractivity contribution in [3.63, 3.8) is 0 Å². The number of aromatic nitrogens is 8. The van der Waals surface area contributed by atoms with Crippen LogP contribution < -0.4 is 22.1 Å². The summed E-state index contributed by atoms with van der Waals surface area (Å²) in [7, 11) is 6.71. The maximum Gasteiger partial charge on any atom is 0.255 e. The van der Waals surface area contributed by atoms with Crippen molar-refractivity contribution >= 4 is 130 Å². The second-order valence-electron chi connectivity index (χ2n) is 15.0. The lowest BCUT2D eigenvalue weighted by Gasteiger charge is -2.16. The van der Waals surface area contributed by atoms with Crippen LogP contribution in [0.3, 0.4) is 0 Å². The maximum atomic E-state index is 14.7. The zero-order valence-corrected chi connectivity index (χ0v) is 43.2. The summed E-state index contributed by atoms with van der Waals surface area (Å²) >= 11 is 14.0. The molecule has 2 aliphatic heterocycles. The molecule has 0 unspecified atom stereocenters. The molecule has 4 amide bonds. The second-order valence-corrected chi connectivity index (χ2v) is 16.9. The van der Waals surface area contributed by atoms with Crippen LogP contribution in [0, 0.1) is 39.4 Å². The van der Waals surface area contributed by atoms with E-state index < -0.39 is 23.4 Å². The summed E-state index contributed by atoms with van der Waals surface area (Å²) in [5, 5.41) is 14.7. The number of amides is 4. The Labute approximate surface area is 432 Å². The van der Waals surface area contributed by atoms with Crippen molar-refractivity contribution in [2.75, 3.05) is 50.9 Å². The summed E-state index contributed by atoms with van der Waals surface area (Å²) in [6.45, 7) is 9.02. The number of aryl methyl sites for hydroxylation is 2. The van der Waals surface area contributed by atoms with Gasteiger partial charge < -0.3 is 41.0 Å². The van der Waals surface area contributed by atoms with Crippen LogP contribution in [0.25, 0.3) is 22.1 Å². The van der Waals surface area contributed by atoms with Crippen LogP contribution in [0.2, 0.25) is 10.0 Å². The fraction of sp³-hybridized carbons (Fsp3) is 0.273. The number of nitrogens with two attached hydrogens (primary N) is 2. The molecule has 25 heteroatoms. The molecule has 2 aromatic carbocycles. The molecule has 2 saturated heterocycles. The van der Waals surface area contributed by atoms with Gasteiger partial charge in [0.15, 0.2) is 17.3 Å². The van der Waals surface area contributed by atoms with Crippen LogP contribution >= 0.6 is 72.8 Å². The van der Waals surface area contributed by atoms with Crippen LogP contribution in [0.15, 0.2) is 50.1 Å². The number of carbonyl (C=O) groups excluding carboxylic acids is 4. The van der Waals surface area contributed by atoms with Crippen molar-refractivity contribution in [1.82, 2.24) is 48.5 Å². The van der Waals surface area contributed by atoms with Crippen molar-refractivity contribution in [3.8, 4) is 24.2 Å². The van der Waals surface area contributed by atoms with Gasteiger partial charge in [-0.2, -0.15) is 37.2 Å². The smallest absolute Gasteiger partial charge is 0.255 e. The van der Waals surface area contributed by atoms with E-state index >= 15 is 0 Å². The van der Waals surface area contributed by atoms with Gasteiger partial charge in [-0.1, -0.05) is 42.3 Å². The van der Waals surface area contributed by atoms with Crippen LogP contribution in [-0.2, 0) is 23.7 Å². The number of imidazole rings is 2. The summed E-state index contributed by atoms with van der Waals surface area (Å²) in [6.07, 6.45) is 12.3. The van der Waals surface area contributed by atoms with E-state index in [1.165, 1.54) is 23.0 Å². The fourth-order valence-corrected chi connectivity index (χ4v) is 8.61. The number of nitrogens with zero attached hydrogens (tertiary/aromatic N) is 10. The van der Waals surface area contributed by atoms with Gasteiger partial charge in [-0.25, -0.2) is 28.1 Å². The van der Waals surface area contributed by atoms with E-state index in [4.69, 9.17) is 41.1 Å². The molecular formula is C44H47Cl2F2IN14O4S2. The first-order valence-electron chi connectivity index (χ1n) is 20.2. The molecule has 2 atom stereocenters. The Morgan fingerprint density at radius 2 is 1.22 bits per heavy atom. The molecular weight excluding hydrogens is 1090 g/mol. The number of carbonyl (C=O) groups is 4. The monoisotopic (exact) mass is 1130 g/mol. The first-order valence-corrected chi connectivity index (χ1v) is 22.0. The molecule has 69 heavy (non-hydrogen) atoms. The molecule has 2 fully saturated rings. The summed E-state index contributed by atoms with van der Waals surface area (Å²) in [5.74, 6) is 6.17. The van der Waals surface area contributed by atoms with Gasteiger partial charge in [0.1, 0.15) is 39.5 Å². The van der Waals surface area contributed by atoms with Crippen molar-refractivity contribution in [2.45, 2.75) is 24.9 Å². The van der Waals surface area contributed by atoms with Crippen molar-refractivity contribution in [2.24, 2.45) is 25.6 Å². The standard InChI is InChI=1S/C22H21ClFN7O2.C14H17N5O2.C8H5ClFIN2.2H2S/c1-4-16(32)30-8-7-13(10-30)31-22(26-2)17(21(25)33)14(28-31)6-5-12-9-15-20(19(24)18(12)23)29(3)11-27-15;1-4-10-12(13(15)21)14(16-3)19(17-10)9-6-7-18(8-9)11(20)5-2;1-13-3-12-5-2-4(11)6(9)7(10)8(5)13;;/h4,9,11,13,26H,1,7-8,10H2,2-3H3,(H2,25,33);1,5,9,16H,2,6-8H2,3H3,(H2,15,21);2-3H,1H3;2*1H2/t13-;9-;;;/m00.../s1. The van der Waals surface area contributed by atoms with Crippen molar-refractivity contribution < 1.29 is 28.0 Å². The van der Waals surface area contributed by atoms with Crippen LogP contribution in [-0.4, -0.2) is 112 Å². The lowest BCUT2D eigenvalue weighted by molar-refractivity contribution is -0.125. The Kier molecular flexibility index (Phi) is 18.7. The Bertz CT molecular complexity index is 3120. The van der Waals surface area contributed by atoms with Gasteiger partial charge >= 0.3 is 0 Å². The van der Waals surface area contributed by atoms with Gasteiger partial charge in [-0.05, 0) is 71.6 Å². The third-order valence-corrected chi connectivity index (χ3v) is 12.9. The number of hydrogen-bond acceptors (Lipinski definition) is 10. The molecule has 6 N–H and O–H groups in total. The third kappa shape index (κ3) is 11.1. The predicted molar refractivity (Wildman–Crippen MR) is 280 cm³/mol. The van der Waals surface area contributed by atoms with Gasteiger partial charge in [0.25, 0.3) is 11.8 Å². The molecule has 0 aliphatic carbocycles. The third-order valence-electron chi connectivity index (χ3n) is 11.0. The first-order chi connectivity index (χ1) is 31.9. The summed E-state index contributed by atoms with van der Waals surface area (Å²) in [5.41, 5.74) is 13.6. The summed E-state index contributed by atoms with van der Waals surface area (Å²) in [4.78, 5) is 58.9. The SMILES string of the molecule is C#Cc1nn([C@H]2CCN(C(=O)C=C)C2)c(NC)c1C(N)=O.C=CC(=O)N1CC[C@H](n2nc(C#Cc3cc4ncn(C)c4c(F)c3Cl)c(C(N)=O)c2NC)C1.Cn1cnc2cc(I)c(Cl)c(F)c21.S.S. The number of likely N-dealkylation sites (tertiary alicyclic amines) is 2. The molecule has 6 heterocycles. The molecule has 364 valence electrons. The lowest BCUT2D eigenvalue weighted by Crippen LogP contribution is -2.27. The van der Waals surface area contributed by atoms with Crippen LogP contribution in [0.5, 0.6) is 0 Å². The number of hydrogen-bond donors (Lipinski definition) is 4. The van der Waals surface area contributed by atoms with E-state index in [0.29, 0.717) is 64.4 Å². The minimum atomic E-state index is -0.718. The Morgan fingerprint density at radius 1 is 0.783 bits per heavy atom. The number of fused-ring (bicyclic) bond motifs is 2. The topological polar surface area (TPSA) is 222 Å². The number of anilines is 2. The molecule has 0 spiro atoms. The number of nitrogens with one attached hydrogen (secondary N) is 2. The number of halogens is 5. The highest BCUT2D eigenvalue weighted by Crippen LogP contribution is 2.32. The van der Waals surface area contributed by atoms with Gasteiger partial charge in [0.2, 0.25) is 11.8 Å². The maximum absolute atomic E-state index is 14.7. The second kappa shape index (κ2) is 23.4. The van der Waals surface area contributed by atoms with Crippen LogP contribution in [0.1, 0.15) is 62.6 Å². The average molecular weight is 1140 g/mol. The van der Waals surface area contributed by atoms with Crippen LogP contribution in [0.4, 0.5) is 20.4 Å². The molecule has 18 nitrogen and oxygen atoms in total. The summed E-state index contributed by atoms with van der Waals surface area (Å²) < 4.78 is 35.4. The highest BCUT2D eigenvalue weighted by atomic mass is 127. The molecule has 0 bridgehead atoms. The van der Waals surface area contributed by atoms with E-state index in [9.17, 15) is 28.0 Å². The van der Waals surface area contributed by atoms with Gasteiger partial charge in [0, 0.05) is 63.5 Å². The van der Waals surface area contributed by atoms with E-state index in [0.717, 1.165) is 6.42 Å². The molecule has 6 aromatic rings. The summed E-state index contributed by atoms with van der Waals surface area (Å²) in [6, 6.07) is 3.09.